The highest BCUT2D eigenvalue weighted by Crippen LogP contribution is 2.34. The molecule has 0 radical (unpaired) electrons. The van der Waals surface area contributed by atoms with Crippen molar-refractivity contribution in [2.45, 2.75) is 11.8 Å². The Kier molecular flexibility index (Phi) is 5.65. The summed E-state index contributed by atoms with van der Waals surface area (Å²) in [7, 11) is 0. The fourth-order valence-electron chi connectivity index (χ4n) is 2.20. The number of halogens is 4. The maximum Gasteiger partial charge on any atom is 0.123 e. The molecule has 0 amide bonds. The number of rotatable bonds is 5. The van der Waals surface area contributed by atoms with Crippen LogP contribution in [0.5, 0.6) is 0 Å². The lowest BCUT2D eigenvalue weighted by atomic mass is 9.79. The minimum atomic E-state index is -0.218. The van der Waals surface area contributed by atoms with Crippen molar-refractivity contribution in [3.8, 4) is 0 Å². The molecule has 0 saturated heterocycles. The zero-order valence-electron chi connectivity index (χ0n) is 10.8. The van der Waals surface area contributed by atoms with Gasteiger partial charge in [0.25, 0.3) is 0 Å². The van der Waals surface area contributed by atoms with Crippen LogP contribution in [0.25, 0.3) is 0 Å². The van der Waals surface area contributed by atoms with E-state index in [2.05, 4.69) is 31.9 Å². The summed E-state index contributed by atoms with van der Waals surface area (Å²) in [5, 5.41) is 2.30. The summed E-state index contributed by atoms with van der Waals surface area (Å²) in [6.07, 6.45) is 0.787. The van der Waals surface area contributed by atoms with E-state index >= 15 is 0 Å². The molecule has 0 aromatic heterocycles. The normalized spacial score (nSPS) is 11.6. The zero-order chi connectivity index (χ0) is 14.6. The highest BCUT2D eigenvalue weighted by atomic mass is 79.9. The SMILES string of the molecule is Fc1ccc(C(CBr)(CBr)Cc2ccccc2Cl)cc1. The fourth-order valence-corrected chi connectivity index (χ4v) is 4.37. The smallest absolute Gasteiger partial charge is 0.123 e. The van der Waals surface area contributed by atoms with Crippen LogP contribution in [0.1, 0.15) is 11.1 Å². The van der Waals surface area contributed by atoms with Crippen LogP contribution < -0.4 is 0 Å². The van der Waals surface area contributed by atoms with Crippen molar-refractivity contribution in [2.75, 3.05) is 10.7 Å². The number of hydrogen-bond acceptors (Lipinski definition) is 0. The lowest BCUT2D eigenvalue weighted by molar-refractivity contribution is 0.548. The van der Waals surface area contributed by atoms with Gasteiger partial charge in [0.1, 0.15) is 5.82 Å². The highest BCUT2D eigenvalue weighted by molar-refractivity contribution is 9.09. The maximum atomic E-state index is 13.1. The molecule has 0 fully saturated rings. The minimum Gasteiger partial charge on any atom is -0.207 e. The van der Waals surface area contributed by atoms with E-state index < -0.39 is 0 Å². The van der Waals surface area contributed by atoms with E-state index in [0.29, 0.717) is 0 Å². The molecule has 0 atom stereocenters. The van der Waals surface area contributed by atoms with Gasteiger partial charge in [-0.25, -0.2) is 4.39 Å². The van der Waals surface area contributed by atoms with Crippen LogP contribution in [0.15, 0.2) is 48.5 Å². The Labute approximate surface area is 140 Å². The van der Waals surface area contributed by atoms with Crippen molar-refractivity contribution in [1.29, 1.82) is 0 Å². The van der Waals surface area contributed by atoms with Crippen LogP contribution >= 0.6 is 43.5 Å². The summed E-state index contributed by atoms with van der Waals surface area (Å²) in [6.45, 7) is 0. The van der Waals surface area contributed by atoms with Crippen molar-refractivity contribution >= 4 is 43.5 Å². The van der Waals surface area contributed by atoms with Gasteiger partial charge in [-0.15, -0.1) is 0 Å². The van der Waals surface area contributed by atoms with Crippen molar-refractivity contribution in [1.82, 2.24) is 0 Å². The summed E-state index contributed by atoms with van der Waals surface area (Å²) in [6, 6.07) is 14.5. The van der Waals surface area contributed by atoms with Gasteiger partial charge < -0.3 is 0 Å². The molecule has 0 aliphatic carbocycles. The van der Waals surface area contributed by atoms with Gasteiger partial charge in [-0.1, -0.05) is 73.8 Å². The molecule has 0 N–H and O–H groups in total. The first-order valence-electron chi connectivity index (χ1n) is 6.23. The van der Waals surface area contributed by atoms with Gasteiger partial charge >= 0.3 is 0 Å². The second-order valence-electron chi connectivity index (χ2n) is 4.82. The predicted octanol–water partition coefficient (Wildman–Crippen LogP) is 5.75. The average Bonchev–Trinajstić information content (AvgIpc) is 2.48. The molecule has 20 heavy (non-hydrogen) atoms. The van der Waals surface area contributed by atoms with E-state index in [1.807, 2.05) is 36.4 Å². The Hall–Kier alpha value is -0.380. The molecule has 0 nitrogen and oxygen atoms in total. The van der Waals surface area contributed by atoms with E-state index in [9.17, 15) is 4.39 Å². The average molecular weight is 421 g/mol. The van der Waals surface area contributed by atoms with E-state index in [1.165, 1.54) is 12.1 Å². The molecule has 2 rings (SSSR count). The topological polar surface area (TPSA) is 0 Å². The fraction of sp³-hybridized carbons (Fsp3) is 0.250. The maximum absolute atomic E-state index is 13.1. The summed E-state index contributed by atoms with van der Waals surface area (Å²) < 4.78 is 13.1. The Morgan fingerprint density at radius 1 is 0.950 bits per heavy atom. The number of benzene rings is 2. The molecule has 2 aromatic carbocycles. The second-order valence-corrected chi connectivity index (χ2v) is 6.35. The first kappa shape index (κ1) is 16.0. The molecular formula is C16H14Br2ClF. The molecule has 2 aromatic rings. The van der Waals surface area contributed by atoms with Crippen LogP contribution in [-0.2, 0) is 11.8 Å². The van der Waals surface area contributed by atoms with E-state index in [1.54, 1.807) is 0 Å². The molecule has 0 saturated carbocycles. The van der Waals surface area contributed by atoms with E-state index in [-0.39, 0.29) is 11.2 Å². The molecule has 0 unspecified atom stereocenters. The zero-order valence-corrected chi connectivity index (χ0v) is 14.7. The lowest BCUT2D eigenvalue weighted by Crippen LogP contribution is -2.33. The molecule has 0 spiro atoms. The first-order valence-corrected chi connectivity index (χ1v) is 8.85. The summed E-state index contributed by atoms with van der Waals surface area (Å²) in [5.74, 6) is -0.218. The van der Waals surface area contributed by atoms with Crippen LogP contribution in [0.3, 0.4) is 0 Å². The summed E-state index contributed by atoms with van der Waals surface area (Å²) in [4.78, 5) is 0. The largest absolute Gasteiger partial charge is 0.207 e. The third kappa shape index (κ3) is 3.44. The monoisotopic (exact) mass is 418 g/mol. The molecule has 0 aliphatic heterocycles. The van der Waals surface area contributed by atoms with Crippen molar-refractivity contribution in [3.05, 3.63) is 70.5 Å². The van der Waals surface area contributed by atoms with Crippen LogP contribution in [-0.4, -0.2) is 10.7 Å². The Balaban J connectivity index is 2.39. The first-order chi connectivity index (χ1) is 9.61. The van der Waals surface area contributed by atoms with Gasteiger partial charge in [-0.05, 0) is 35.7 Å². The molecule has 106 valence electrons. The third-order valence-electron chi connectivity index (χ3n) is 3.45. The summed E-state index contributed by atoms with van der Waals surface area (Å²) >= 11 is 13.5. The standard InChI is InChI=1S/C16H14Br2ClF/c17-10-16(11-18,13-5-7-14(20)8-6-13)9-12-3-1-2-4-15(12)19/h1-8H,9-11H2. The van der Waals surface area contributed by atoms with Crippen molar-refractivity contribution < 1.29 is 4.39 Å². The minimum absolute atomic E-state index is 0.154. The predicted molar refractivity (Wildman–Crippen MR) is 90.8 cm³/mol. The number of hydrogen-bond donors (Lipinski definition) is 0. The molecule has 4 heteroatoms. The molecule has 0 aliphatic rings. The van der Waals surface area contributed by atoms with Crippen molar-refractivity contribution in [2.24, 2.45) is 0 Å². The van der Waals surface area contributed by atoms with Crippen LogP contribution in [0.4, 0.5) is 4.39 Å². The van der Waals surface area contributed by atoms with Crippen molar-refractivity contribution in [3.63, 3.8) is 0 Å². The molecule has 0 heterocycles. The van der Waals surface area contributed by atoms with Gasteiger partial charge in [-0.2, -0.15) is 0 Å². The van der Waals surface area contributed by atoms with Crippen LogP contribution in [0, 0.1) is 5.82 Å². The molecular weight excluding hydrogens is 406 g/mol. The van der Waals surface area contributed by atoms with Gasteiger partial charge in [0.05, 0.1) is 0 Å². The number of alkyl halides is 2. The second kappa shape index (κ2) is 7.06. The van der Waals surface area contributed by atoms with Gasteiger partial charge in [0.15, 0.2) is 0 Å². The van der Waals surface area contributed by atoms with Gasteiger partial charge in [0.2, 0.25) is 0 Å². The Morgan fingerprint density at radius 2 is 1.55 bits per heavy atom. The molecule has 0 bridgehead atoms. The Morgan fingerprint density at radius 3 is 2.10 bits per heavy atom. The highest BCUT2D eigenvalue weighted by Gasteiger charge is 2.31. The third-order valence-corrected chi connectivity index (χ3v) is 5.97. The lowest BCUT2D eigenvalue weighted by Gasteiger charge is -2.31. The van der Waals surface area contributed by atoms with Gasteiger partial charge in [0, 0.05) is 21.1 Å². The van der Waals surface area contributed by atoms with Gasteiger partial charge in [-0.3, -0.25) is 0 Å². The van der Waals surface area contributed by atoms with Crippen LogP contribution in [0.2, 0.25) is 5.02 Å². The quantitative estimate of drug-likeness (QED) is 0.541. The summed E-state index contributed by atoms with van der Waals surface area (Å²) in [5.41, 5.74) is 2.03. The van der Waals surface area contributed by atoms with E-state index in [0.717, 1.165) is 33.2 Å². The Bertz CT molecular complexity index is 565. The van der Waals surface area contributed by atoms with E-state index in [4.69, 9.17) is 11.6 Å².